The van der Waals surface area contributed by atoms with Gasteiger partial charge in [-0.1, -0.05) is 90.6 Å². The van der Waals surface area contributed by atoms with Gasteiger partial charge in [0.25, 0.3) is 0 Å². The Labute approximate surface area is 259 Å². The van der Waals surface area contributed by atoms with Gasteiger partial charge in [-0.2, -0.15) is 10.5 Å². The number of aryl methyl sites for hydroxylation is 2. The Bertz CT molecular complexity index is 2080. The zero-order valence-corrected chi connectivity index (χ0v) is 24.9. The summed E-state index contributed by atoms with van der Waals surface area (Å²) in [5.74, 6) is 0. The Morgan fingerprint density at radius 1 is 0.682 bits per heavy atom. The van der Waals surface area contributed by atoms with Crippen LogP contribution in [0.3, 0.4) is 0 Å². The first-order chi connectivity index (χ1) is 21.6. The molecule has 0 radical (unpaired) electrons. The van der Waals surface area contributed by atoms with Crippen molar-refractivity contribution < 1.29 is 0 Å². The normalized spacial score (nSPS) is 16.0. The predicted molar refractivity (Wildman–Crippen MR) is 183 cm³/mol. The van der Waals surface area contributed by atoms with Crippen molar-refractivity contribution >= 4 is 45.1 Å². The SMILES string of the molecule is CC1=CCC(N(c2ccc(C=Cc3ccc4c(C#N)c5ccccc5c(C#N)c4c3)cc2)c2ccc3c(c2)CCCC3)C=C1. The molecule has 0 saturated heterocycles. The summed E-state index contributed by atoms with van der Waals surface area (Å²) in [6.07, 6.45) is 17.0. The highest BCUT2D eigenvalue weighted by Gasteiger charge is 2.21. The zero-order valence-electron chi connectivity index (χ0n) is 24.9. The van der Waals surface area contributed by atoms with Gasteiger partial charge >= 0.3 is 0 Å². The summed E-state index contributed by atoms with van der Waals surface area (Å²) < 4.78 is 0. The van der Waals surface area contributed by atoms with Crippen molar-refractivity contribution in [3.05, 3.63) is 142 Å². The minimum Gasteiger partial charge on any atom is -0.334 e. The first kappa shape index (κ1) is 27.5. The number of hydrogen-bond acceptors (Lipinski definition) is 3. The van der Waals surface area contributed by atoms with Crippen LogP contribution in [-0.2, 0) is 12.8 Å². The van der Waals surface area contributed by atoms with E-state index in [1.54, 1.807) is 0 Å². The molecule has 0 spiro atoms. The van der Waals surface area contributed by atoms with Crippen molar-refractivity contribution in [3.8, 4) is 12.1 Å². The molecule has 0 aliphatic heterocycles. The monoisotopic (exact) mass is 567 g/mol. The van der Waals surface area contributed by atoms with Crippen LogP contribution in [0.4, 0.5) is 11.4 Å². The average Bonchev–Trinajstić information content (AvgIpc) is 3.07. The lowest BCUT2D eigenvalue weighted by molar-refractivity contribution is 0.684. The molecular weight excluding hydrogens is 534 g/mol. The van der Waals surface area contributed by atoms with E-state index in [9.17, 15) is 10.5 Å². The molecule has 0 heterocycles. The number of fused-ring (bicyclic) bond motifs is 3. The van der Waals surface area contributed by atoms with E-state index in [-0.39, 0.29) is 6.04 Å². The molecule has 0 N–H and O–H groups in total. The van der Waals surface area contributed by atoms with Gasteiger partial charge < -0.3 is 4.90 Å². The number of anilines is 2. The van der Waals surface area contributed by atoms with E-state index in [1.807, 2.05) is 42.5 Å². The molecule has 2 aliphatic carbocycles. The summed E-state index contributed by atoms with van der Waals surface area (Å²) in [6.45, 7) is 2.17. The Morgan fingerprint density at radius 3 is 2.02 bits per heavy atom. The number of benzene rings is 5. The highest BCUT2D eigenvalue weighted by molar-refractivity contribution is 6.09. The van der Waals surface area contributed by atoms with Gasteiger partial charge in [0.2, 0.25) is 0 Å². The van der Waals surface area contributed by atoms with Crippen LogP contribution in [0.15, 0.2) is 109 Å². The van der Waals surface area contributed by atoms with Crippen LogP contribution in [0.25, 0.3) is 33.7 Å². The van der Waals surface area contributed by atoms with E-state index in [1.165, 1.54) is 53.8 Å². The zero-order chi connectivity index (χ0) is 30.0. The van der Waals surface area contributed by atoms with Gasteiger partial charge in [0.15, 0.2) is 0 Å². The van der Waals surface area contributed by atoms with Gasteiger partial charge in [0.05, 0.1) is 17.2 Å². The summed E-state index contributed by atoms with van der Waals surface area (Å²) in [6, 6.07) is 34.5. The van der Waals surface area contributed by atoms with E-state index < -0.39 is 0 Å². The topological polar surface area (TPSA) is 50.8 Å². The maximum atomic E-state index is 10.1. The van der Waals surface area contributed by atoms with Gasteiger partial charge in [-0.3, -0.25) is 0 Å². The minimum absolute atomic E-state index is 0.267. The van der Waals surface area contributed by atoms with Crippen molar-refractivity contribution in [2.24, 2.45) is 0 Å². The first-order valence-electron chi connectivity index (χ1n) is 15.5. The third kappa shape index (κ3) is 5.08. The predicted octanol–water partition coefficient (Wildman–Crippen LogP) is 10.2. The number of nitrogens with zero attached hydrogens (tertiary/aromatic N) is 3. The molecule has 0 fully saturated rings. The molecule has 2 aliphatic rings. The van der Waals surface area contributed by atoms with Crippen LogP contribution in [0.5, 0.6) is 0 Å². The molecular formula is C41H33N3. The third-order valence-electron chi connectivity index (χ3n) is 9.12. The molecule has 0 bridgehead atoms. The van der Waals surface area contributed by atoms with Crippen molar-refractivity contribution in [3.63, 3.8) is 0 Å². The van der Waals surface area contributed by atoms with E-state index in [2.05, 4.69) is 96.8 Å². The minimum atomic E-state index is 0.267. The molecule has 1 unspecified atom stereocenters. The molecule has 5 aromatic carbocycles. The largest absolute Gasteiger partial charge is 0.334 e. The fourth-order valence-corrected chi connectivity index (χ4v) is 6.79. The number of rotatable bonds is 5. The van der Waals surface area contributed by atoms with Crippen molar-refractivity contribution in [1.29, 1.82) is 10.5 Å². The van der Waals surface area contributed by atoms with Crippen molar-refractivity contribution in [2.75, 3.05) is 4.90 Å². The highest BCUT2D eigenvalue weighted by Crippen LogP contribution is 2.36. The Morgan fingerprint density at radius 2 is 1.32 bits per heavy atom. The second-order valence-corrected chi connectivity index (χ2v) is 11.9. The van der Waals surface area contributed by atoms with Gasteiger partial charge in [0, 0.05) is 32.9 Å². The lowest BCUT2D eigenvalue weighted by Crippen LogP contribution is -2.30. The average molecular weight is 568 g/mol. The molecule has 3 heteroatoms. The van der Waals surface area contributed by atoms with Crippen LogP contribution in [0, 0.1) is 22.7 Å². The fourth-order valence-electron chi connectivity index (χ4n) is 6.79. The van der Waals surface area contributed by atoms with Crippen LogP contribution < -0.4 is 4.90 Å². The molecule has 5 aromatic rings. The second-order valence-electron chi connectivity index (χ2n) is 11.9. The summed E-state index contributed by atoms with van der Waals surface area (Å²) in [5, 5.41) is 23.3. The van der Waals surface area contributed by atoms with Crippen molar-refractivity contribution in [2.45, 2.75) is 45.1 Å². The molecule has 3 nitrogen and oxygen atoms in total. The van der Waals surface area contributed by atoms with Crippen LogP contribution >= 0.6 is 0 Å². The molecule has 7 rings (SSSR count). The van der Waals surface area contributed by atoms with E-state index in [4.69, 9.17) is 0 Å². The molecule has 212 valence electrons. The Balaban J connectivity index is 1.21. The lowest BCUT2D eigenvalue weighted by Gasteiger charge is -2.34. The van der Waals surface area contributed by atoms with Crippen LogP contribution in [0.1, 0.15) is 59.6 Å². The van der Waals surface area contributed by atoms with Gasteiger partial charge in [-0.15, -0.1) is 0 Å². The first-order valence-corrected chi connectivity index (χ1v) is 15.5. The molecule has 0 saturated carbocycles. The molecule has 0 aromatic heterocycles. The van der Waals surface area contributed by atoms with E-state index >= 15 is 0 Å². The lowest BCUT2D eigenvalue weighted by atomic mass is 9.91. The van der Waals surface area contributed by atoms with Crippen LogP contribution in [-0.4, -0.2) is 6.04 Å². The van der Waals surface area contributed by atoms with Gasteiger partial charge in [0.1, 0.15) is 12.1 Å². The Kier molecular flexibility index (Phi) is 7.31. The maximum absolute atomic E-state index is 10.1. The number of hydrogen-bond donors (Lipinski definition) is 0. The summed E-state index contributed by atoms with van der Waals surface area (Å²) in [5.41, 5.74) is 10.1. The van der Waals surface area contributed by atoms with Crippen molar-refractivity contribution in [1.82, 2.24) is 0 Å². The maximum Gasteiger partial charge on any atom is 0.100 e. The molecule has 44 heavy (non-hydrogen) atoms. The summed E-state index contributed by atoms with van der Waals surface area (Å²) in [4.78, 5) is 2.48. The highest BCUT2D eigenvalue weighted by atomic mass is 15.2. The summed E-state index contributed by atoms with van der Waals surface area (Å²) in [7, 11) is 0. The number of allylic oxidation sites excluding steroid dienone is 2. The fraction of sp³-hybridized carbons (Fsp3) is 0.171. The Hall–Kier alpha value is -5.38. The van der Waals surface area contributed by atoms with Gasteiger partial charge in [-0.05, 0) is 91.6 Å². The number of nitriles is 2. The van der Waals surface area contributed by atoms with Crippen LogP contribution in [0.2, 0.25) is 0 Å². The molecule has 0 amide bonds. The smallest absolute Gasteiger partial charge is 0.100 e. The molecule has 1 atom stereocenters. The van der Waals surface area contributed by atoms with E-state index in [0.29, 0.717) is 11.1 Å². The summed E-state index contributed by atoms with van der Waals surface area (Å²) >= 11 is 0. The van der Waals surface area contributed by atoms with Gasteiger partial charge in [-0.25, -0.2) is 0 Å². The van der Waals surface area contributed by atoms with E-state index in [0.717, 1.165) is 39.1 Å². The second kappa shape index (κ2) is 11.7. The standard InChI is InChI=1S/C41H33N3/c1-28-10-18-33(19-11-28)44(35-22-17-31-6-2-3-7-32(31)25-35)34-20-14-29(15-21-34)12-13-30-16-23-38-39(24-30)41(27-43)37-9-5-4-8-36(37)40(38)26-42/h4-5,8-18,20-25,33H,2-3,6-7,19H2,1H3. The quantitative estimate of drug-likeness (QED) is 0.157. The third-order valence-corrected chi connectivity index (χ3v) is 9.12.